The zero-order valence-electron chi connectivity index (χ0n) is 8.62. The maximum absolute atomic E-state index is 5.96. The molecule has 2 nitrogen and oxygen atoms in total. The maximum Gasteiger partial charge on any atom is 0.122 e. The van der Waals surface area contributed by atoms with Gasteiger partial charge in [0.1, 0.15) is 5.75 Å². The van der Waals surface area contributed by atoms with Crippen LogP contribution in [0.5, 0.6) is 5.75 Å². The van der Waals surface area contributed by atoms with E-state index in [-0.39, 0.29) is 0 Å². The number of rotatable bonds is 2. The quantitative estimate of drug-likeness (QED) is 0.775. The van der Waals surface area contributed by atoms with Gasteiger partial charge in [0.2, 0.25) is 0 Å². The van der Waals surface area contributed by atoms with Gasteiger partial charge in [0, 0.05) is 6.04 Å². The molecule has 0 aromatic heterocycles. The smallest absolute Gasteiger partial charge is 0.122 e. The molecule has 2 heteroatoms. The summed E-state index contributed by atoms with van der Waals surface area (Å²) < 4.78 is 5.60. The van der Waals surface area contributed by atoms with Gasteiger partial charge in [-0.3, -0.25) is 0 Å². The van der Waals surface area contributed by atoms with Crippen LogP contribution in [-0.2, 0) is 12.8 Å². The second-order valence-electron chi connectivity index (χ2n) is 3.83. The van der Waals surface area contributed by atoms with Gasteiger partial charge in [-0.2, -0.15) is 0 Å². The molecule has 0 fully saturated rings. The first-order valence-electron chi connectivity index (χ1n) is 5.30. The summed E-state index contributed by atoms with van der Waals surface area (Å²) in [6, 6.07) is 6.61. The zero-order valence-corrected chi connectivity index (χ0v) is 8.62. The lowest BCUT2D eigenvalue weighted by molar-refractivity contribution is 0.333. The largest absolute Gasteiger partial charge is 0.494 e. The highest BCUT2D eigenvalue weighted by Gasteiger charge is 2.18. The Bertz CT molecular complexity index is 322. The molecular formula is C12H17NO. The molecule has 2 rings (SSSR count). The van der Waals surface area contributed by atoms with Crippen molar-refractivity contribution in [3.8, 4) is 5.75 Å². The maximum atomic E-state index is 5.96. The Labute approximate surface area is 85.1 Å². The molecule has 76 valence electrons. The predicted molar refractivity (Wildman–Crippen MR) is 57.6 cm³/mol. The molecule has 0 radical (unpaired) electrons. The summed E-state index contributed by atoms with van der Waals surface area (Å²) in [5.41, 5.74) is 8.70. The fourth-order valence-electron chi connectivity index (χ4n) is 2.07. The lowest BCUT2D eigenvalue weighted by Crippen LogP contribution is -2.28. The van der Waals surface area contributed by atoms with E-state index in [1.54, 1.807) is 0 Å². The van der Waals surface area contributed by atoms with Crippen molar-refractivity contribution >= 4 is 0 Å². The Hall–Kier alpha value is -1.02. The molecule has 0 heterocycles. The minimum Gasteiger partial charge on any atom is -0.494 e. The van der Waals surface area contributed by atoms with E-state index in [0.717, 1.165) is 31.6 Å². The van der Waals surface area contributed by atoms with Gasteiger partial charge in [0.15, 0.2) is 0 Å². The molecule has 0 aliphatic heterocycles. The predicted octanol–water partition coefficient (Wildman–Crippen LogP) is 1.90. The first-order valence-corrected chi connectivity index (χ1v) is 5.30. The van der Waals surface area contributed by atoms with Gasteiger partial charge >= 0.3 is 0 Å². The molecular weight excluding hydrogens is 174 g/mol. The summed E-state index contributed by atoms with van der Waals surface area (Å²) in [5.74, 6) is 1.03. The molecule has 1 unspecified atom stereocenters. The number of hydrogen-bond donors (Lipinski definition) is 1. The van der Waals surface area contributed by atoms with E-state index in [2.05, 4.69) is 12.1 Å². The second kappa shape index (κ2) is 4.01. The highest BCUT2D eigenvalue weighted by Crippen LogP contribution is 2.28. The minimum absolute atomic E-state index is 0.309. The van der Waals surface area contributed by atoms with Gasteiger partial charge in [-0.1, -0.05) is 12.1 Å². The number of hydrogen-bond acceptors (Lipinski definition) is 2. The Morgan fingerprint density at radius 2 is 2.36 bits per heavy atom. The van der Waals surface area contributed by atoms with E-state index >= 15 is 0 Å². The monoisotopic (exact) mass is 191 g/mol. The van der Waals surface area contributed by atoms with Crippen molar-refractivity contribution in [1.82, 2.24) is 0 Å². The third-order valence-electron chi connectivity index (χ3n) is 2.78. The van der Waals surface area contributed by atoms with Crippen LogP contribution in [-0.4, -0.2) is 12.6 Å². The summed E-state index contributed by atoms with van der Waals surface area (Å²) in [7, 11) is 0. The van der Waals surface area contributed by atoms with Crippen molar-refractivity contribution in [2.45, 2.75) is 32.2 Å². The summed E-state index contributed by atoms with van der Waals surface area (Å²) >= 11 is 0. The molecule has 1 aliphatic carbocycles. The summed E-state index contributed by atoms with van der Waals surface area (Å²) in [4.78, 5) is 0. The average Bonchev–Trinajstić information content (AvgIpc) is 2.19. The summed E-state index contributed by atoms with van der Waals surface area (Å²) in [6.45, 7) is 2.74. The Kier molecular flexibility index (Phi) is 2.73. The fraction of sp³-hybridized carbons (Fsp3) is 0.500. The normalized spacial score (nSPS) is 20.3. The molecule has 0 spiro atoms. The molecule has 1 aromatic carbocycles. The Morgan fingerprint density at radius 3 is 3.14 bits per heavy atom. The number of ether oxygens (including phenoxy) is 1. The lowest BCUT2D eigenvalue weighted by Gasteiger charge is -2.23. The van der Waals surface area contributed by atoms with Crippen LogP contribution in [0.4, 0.5) is 0 Å². The number of aryl methyl sites for hydroxylation is 1. The van der Waals surface area contributed by atoms with Crippen molar-refractivity contribution < 1.29 is 4.74 Å². The van der Waals surface area contributed by atoms with Crippen LogP contribution in [0.1, 0.15) is 24.5 Å². The van der Waals surface area contributed by atoms with Crippen molar-refractivity contribution in [2.75, 3.05) is 6.61 Å². The molecule has 1 aromatic rings. The third-order valence-corrected chi connectivity index (χ3v) is 2.78. The van der Waals surface area contributed by atoms with Gasteiger partial charge in [-0.15, -0.1) is 0 Å². The third kappa shape index (κ3) is 1.75. The highest BCUT2D eigenvalue weighted by molar-refractivity contribution is 5.42. The minimum atomic E-state index is 0.309. The molecule has 0 saturated carbocycles. The van der Waals surface area contributed by atoms with Gasteiger partial charge in [0.05, 0.1) is 6.61 Å². The molecule has 14 heavy (non-hydrogen) atoms. The van der Waals surface area contributed by atoms with E-state index in [1.165, 1.54) is 11.1 Å². The van der Waals surface area contributed by atoms with Crippen LogP contribution in [0.2, 0.25) is 0 Å². The molecule has 1 aliphatic rings. The molecule has 1 atom stereocenters. The van der Waals surface area contributed by atoms with Crippen LogP contribution in [0.25, 0.3) is 0 Å². The zero-order chi connectivity index (χ0) is 9.97. The Balaban J connectivity index is 2.33. The van der Waals surface area contributed by atoms with E-state index < -0.39 is 0 Å². The highest BCUT2D eigenvalue weighted by atomic mass is 16.5. The first-order chi connectivity index (χ1) is 6.81. The first kappa shape index (κ1) is 9.53. The molecule has 2 N–H and O–H groups in total. The topological polar surface area (TPSA) is 35.2 Å². The number of benzene rings is 1. The van der Waals surface area contributed by atoms with Crippen molar-refractivity contribution in [1.29, 1.82) is 0 Å². The van der Waals surface area contributed by atoms with Crippen LogP contribution in [0.15, 0.2) is 18.2 Å². The van der Waals surface area contributed by atoms with Crippen LogP contribution in [0, 0.1) is 0 Å². The molecule has 0 amide bonds. The SMILES string of the molecule is CCOc1cccc2c1CC(N)CC2. The molecule has 0 bridgehead atoms. The van der Waals surface area contributed by atoms with Gasteiger partial charge < -0.3 is 10.5 Å². The van der Waals surface area contributed by atoms with Crippen molar-refractivity contribution in [3.05, 3.63) is 29.3 Å². The van der Waals surface area contributed by atoms with Crippen LogP contribution in [0.3, 0.4) is 0 Å². The summed E-state index contributed by atoms with van der Waals surface area (Å²) in [6.07, 6.45) is 3.16. The van der Waals surface area contributed by atoms with Crippen molar-refractivity contribution in [3.63, 3.8) is 0 Å². The average molecular weight is 191 g/mol. The van der Waals surface area contributed by atoms with Gasteiger partial charge in [-0.25, -0.2) is 0 Å². The van der Waals surface area contributed by atoms with E-state index in [0.29, 0.717) is 6.04 Å². The Morgan fingerprint density at radius 1 is 1.50 bits per heavy atom. The van der Waals surface area contributed by atoms with E-state index in [1.807, 2.05) is 13.0 Å². The molecule has 0 saturated heterocycles. The number of nitrogens with two attached hydrogens (primary N) is 1. The van der Waals surface area contributed by atoms with Crippen LogP contribution < -0.4 is 10.5 Å². The standard InChI is InChI=1S/C12H17NO/c1-2-14-12-5-3-4-9-6-7-10(13)8-11(9)12/h3-5,10H,2,6-8,13H2,1H3. The van der Waals surface area contributed by atoms with E-state index in [4.69, 9.17) is 10.5 Å². The second-order valence-corrected chi connectivity index (χ2v) is 3.83. The van der Waals surface area contributed by atoms with Crippen LogP contribution >= 0.6 is 0 Å². The summed E-state index contributed by atoms with van der Waals surface area (Å²) in [5, 5.41) is 0. The lowest BCUT2D eigenvalue weighted by atomic mass is 9.88. The fourth-order valence-corrected chi connectivity index (χ4v) is 2.07. The van der Waals surface area contributed by atoms with Crippen molar-refractivity contribution in [2.24, 2.45) is 5.73 Å². The van der Waals surface area contributed by atoms with E-state index in [9.17, 15) is 0 Å². The van der Waals surface area contributed by atoms with Gasteiger partial charge in [0.25, 0.3) is 0 Å². The number of fused-ring (bicyclic) bond motifs is 1. The van der Waals surface area contributed by atoms with Gasteiger partial charge in [-0.05, 0) is 43.4 Å².